The largest absolute Gasteiger partial charge is 0.316 e. The Balaban J connectivity index is 1.86. The lowest BCUT2D eigenvalue weighted by Gasteiger charge is -2.37. The molecule has 1 heterocycles. The molecule has 1 aliphatic carbocycles. The average Bonchev–Trinajstić information content (AvgIpc) is 2.22. The summed E-state index contributed by atoms with van der Waals surface area (Å²) in [6, 6.07) is 1.63. The topological polar surface area (TPSA) is 24.9 Å². The highest BCUT2D eigenvalue weighted by Crippen LogP contribution is 2.41. The molecule has 0 aromatic carbocycles. The molecule has 2 rings (SSSR count). The number of hydrogen-bond acceptors (Lipinski definition) is 2. The molecule has 2 unspecified atom stereocenters. The third-order valence-corrected chi connectivity index (χ3v) is 3.53. The van der Waals surface area contributed by atoms with Crippen molar-refractivity contribution in [1.29, 1.82) is 0 Å². The maximum absolute atomic E-state index is 13.1. The second-order valence-corrected chi connectivity index (χ2v) is 5.43. The van der Waals surface area contributed by atoms with E-state index in [4.69, 9.17) is 0 Å². The second-order valence-electron chi connectivity index (χ2n) is 5.43. The molecule has 1 fully saturated rings. The van der Waals surface area contributed by atoms with Gasteiger partial charge in [-0.1, -0.05) is 13.8 Å². The van der Waals surface area contributed by atoms with E-state index in [0.29, 0.717) is 17.8 Å². The molecule has 2 nitrogen and oxygen atoms in total. The van der Waals surface area contributed by atoms with Crippen LogP contribution in [-0.4, -0.2) is 18.1 Å². The first-order valence-corrected chi connectivity index (χ1v) is 6.48. The molecule has 1 aromatic rings. The molecular weight excluding hydrogens is 215 g/mol. The van der Waals surface area contributed by atoms with Crippen molar-refractivity contribution >= 4 is 0 Å². The van der Waals surface area contributed by atoms with Gasteiger partial charge in [0.1, 0.15) is 5.82 Å². The highest BCUT2D eigenvalue weighted by Gasteiger charge is 2.31. The highest BCUT2D eigenvalue weighted by molar-refractivity contribution is 5.19. The van der Waals surface area contributed by atoms with Gasteiger partial charge in [0, 0.05) is 6.20 Å². The molecule has 3 heteroatoms. The van der Waals surface area contributed by atoms with E-state index in [0.717, 1.165) is 18.7 Å². The summed E-state index contributed by atoms with van der Waals surface area (Å²) < 4.78 is 13.1. The molecule has 2 atom stereocenters. The number of nitrogens with zero attached hydrogens (tertiary/aromatic N) is 1. The summed E-state index contributed by atoms with van der Waals surface area (Å²) in [4.78, 5) is 3.93. The summed E-state index contributed by atoms with van der Waals surface area (Å²) in [5, 5.41) is 3.49. The van der Waals surface area contributed by atoms with Crippen LogP contribution in [0.3, 0.4) is 0 Å². The fraction of sp³-hybridized carbons (Fsp3) is 0.643. The zero-order chi connectivity index (χ0) is 12.3. The average molecular weight is 236 g/mol. The van der Waals surface area contributed by atoms with E-state index in [9.17, 15) is 4.39 Å². The fourth-order valence-electron chi connectivity index (χ4n) is 2.44. The molecule has 0 bridgehead atoms. The van der Waals surface area contributed by atoms with Gasteiger partial charge in [-0.15, -0.1) is 0 Å². The first-order valence-electron chi connectivity index (χ1n) is 6.48. The number of aromatic nitrogens is 1. The van der Waals surface area contributed by atoms with Crippen LogP contribution in [0.4, 0.5) is 4.39 Å². The Morgan fingerprint density at radius 2 is 2.24 bits per heavy atom. The second kappa shape index (κ2) is 5.58. The molecule has 17 heavy (non-hydrogen) atoms. The first-order chi connectivity index (χ1) is 8.16. The molecule has 0 amide bonds. The van der Waals surface area contributed by atoms with Crippen LogP contribution in [0.15, 0.2) is 18.5 Å². The third-order valence-electron chi connectivity index (χ3n) is 3.53. The van der Waals surface area contributed by atoms with Crippen LogP contribution in [0.1, 0.15) is 38.2 Å². The van der Waals surface area contributed by atoms with Gasteiger partial charge in [0.25, 0.3) is 0 Å². The maximum atomic E-state index is 13.1. The van der Waals surface area contributed by atoms with Gasteiger partial charge in [0.05, 0.1) is 6.20 Å². The van der Waals surface area contributed by atoms with Crippen LogP contribution >= 0.6 is 0 Å². The van der Waals surface area contributed by atoms with Crippen molar-refractivity contribution in [3.8, 4) is 0 Å². The Hall–Kier alpha value is -0.960. The van der Waals surface area contributed by atoms with E-state index in [1.165, 1.54) is 19.0 Å². The third kappa shape index (κ3) is 3.25. The number of nitrogens with one attached hydrogen (secondary N) is 1. The summed E-state index contributed by atoms with van der Waals surface area (Å²) in [7, 11) is 0. The molecular formula is C14H21FN2. The number of halogens is 1. The minimum Gasteiger partial charge on any atom is -0.316 e. The maximum Gasteiger partial charge on any atom is 0.141 e. The van der Waals surface area contributed by atoms with Crippen molar-refractivity contribution in [2.24, 2.45) is 11.8 Å². The quantitative estimate of drug-likeness (QED) is 0.850. The Bertz CT molecular complexity index is 365. The van der Waals surface area contributed by atoms with Gasteiger partial charge in [-0.25, -0.2) is 4.39 Å². The van der Waals surface area contributed by atoms with E-state index in [1.54, 1.807) is 6.07 Å². The van der Waals surface area contributed by atoms with E-state index in [2.05, 4.69) is 24.1 Å². The first kappa shape index (κ1) is 12.5. The predicted octanol–water partition coefficient (Wildman–Crippen LogP) is 2.96. The van der Waals surface area contributed by atoms with Crippen LogP contribution in [0, 0.1) is 17.7 Å². The summed E-state index contributed by atoms with van der Waals surface area (Å²) in [5.41, 5.74) is 1.06. The van der Waals surface area contributed by atoms with E-state index in [1.807, 2.05) is 6.20 Å². The monoisotopic (exact) mass is 236 g/mol. The summed E-state index contributed by atoms with van der Waals surface area (Å²) in [6.45, 7) is 6.52. The van der Waals surface area contributed by atoms with Gasteiger partial charge < -0.3 is 5.32 Å². The SMILES string of the molecule is CC(C)CNCC1CCC1c1cncc(F)c1. The highest BCUT2D eigenvalue weighted by atomic mass is 19.1. The van der Waals surface area contributed by atoms with Gasteiger partial charge in [-0.2, -0.15) is 0 Å². The minimum absolute atomic E-state index is 0.219. The Morgan fingerprint density at radius 3 is 2.82 bits per heavy atom. The Morgan fingerprint density at radius 1 is 1.41 bits per heavy atom. The number of pyridine rings is 1. The van der Waals surface area contributed by atoms with E-state index >= 15 is 0 Å². The van der Waals surface area contributed by atoms with Crippen LogP contribution in [0.25, 0.3) is 0 Å². The molecule has 0 radical (unpaired) electrons. The molecule has 1 saturated carbocycles. The van der Waals surface area contributed by atoms with Crippen LogP contribution < -0.4 is 5.32 Å². The molecule has 1 aliphatic rings. The van der Waals surface area contributed by atoms with Crippen molar-refractivity contribution < 1.29 is 4.39 Å². The lowest BCUT2D eigenvalue weighted by atomic mass is 9.70. The normalized spacial score (nSPS) is 23.8. The standard InChI is InChI=1S/C14H21FN2/c1-10(2)6-16-7-11-3-4-14(11)12-5-13(15)9-17-8-12/h5,8-11,14,16H,3-4,6-7H2,1-2H3. The smallest absolute Gasteiger partial charge is 0.141 e. The molecule has 0 spiro atoms. The van der Waals surface area contributed by atoms with Gasteiger partial charge in [-0.05, 0) is 55.3 Å². The van der Waals surface area contributed by atoms with Crippen LogP contribution in [0.2, 0.25) is 0 Å². The van der Waals surface area contributed by atoms with E-state index in [-0.39, 0.29) is 5.82 Å². The molecule has 1 aromatic heterocycles. The lowest BCUT2D eigenvalue weighted by molar-refractivity contribution is 0.242. The number of hydrogen-bond donors (Lipinski definition) is 1. The summed E-state index contributed by atoms with van der Waals surface area (Å²) in [5.74, 6) is 1.61. The zero-order valence-corrected chi connectivity index (χ0v) is 10.6. The van der Waals surface area contributed by atoms with Crippen molar-refractivity contribution in [2.45, 2.75) is 32.6 Å². The van der Waals surface area contributed by atoms with Crippen molar-refractivity contribution in [3.63, 3.8) is 0 Å². The van der Waals surface area contributed by atoms with Gasteiger partial charge in [0.15, 0.2) is 0 Å². The van der Waals surface area contributed by atoms with Crippen molar-refractivity contribution in [2.75, 3.05) is 13.1 Å². The zero-order valence-electron chi connectivity index (χ0n) is 10.6. The van der Waals surface area contributed by atoms with Crippen molar-refractivity contribution in [1.82, 2.24) is 10.3 Å². The molecule has 0 saturated heterocycles. The lowest BCUT2D eigenvalue weighted by Crippen LogP contribution is -2.35. The van der Waals surface area contributed by atoms with Crippen LogP contribution in [0.5, 0.6) is 0 Å². The van der Waals surface area contributed by atoms with Gasteiger partial charge in [-0.3, -0.25) is 4.98 Å². The summed E-state index contributed by atoms with van der Waals surface area (Å²) in [6.07, 6.45) is 5.49. The Kier molecular flexibility index (Phi) is 4.11. The number of rotatable bonds is 5. The predicted molar refractivity (Wildman–Crippen MR) is 67.4 cm³/mol. The van der Waals surface area contributed by atoms with Gasteiger partial charge >= 0.3 is 0 Å². The molecule has 1 N–H and O–H groups in total. The fourth-order valence-corrected chi connectivity index (χ4v) is 2.44. The van der Waals surface area contributed by atoms with Crippen molar-refractivity contribution in [3.05, 3.63) is 29.8 Å². The minimum atomic E-state index is -0.219. The van der Waals surface area contributed by atoms with Gasteiger partial charge in [0.2, 0.25) is 0 Å². The molecule has 0 aliphatic heterocycles. The van der Waals surface area contributed by atoms with E-state index < -0.39 is 0 Å². The van der Waals surface area contributed by atoms with Crippen LogP contribution in [-0.2, 0) is 0 Å². The Labute approximate surface area is 103 Å². The molecule has 94 valence electrons. The summed E-state index contributed by atoms with van der Waals surface area (Å²) >= 11 is 0.